The lowest BCUT2D eigenvalue weighted by molar-refractivity contribution is 0.460. The average molecular weight is 276 g/mol. The predicted octanol–water partition coefficient (Wildman–Crippen LogP) is 4.20. The van der Waals surface area contributed by atoms with Gasteiger partial charge in [0, 0.05) is 18.2 Å². The summed E-state index contributed by atoms with van der Waals surface area (Å²) >= 11 is 5.89. The molecule has 2 rings (SSSR count). The standard InChI is InChI=1S/C16H18ClNO/c1-11-6-3-4-8-14(11)12(2)18-10-13-7-5-9-15(17)16(13)19/h3-9,12,18-19H,10H2,1-2H3/t12-/m1/s1. The normalized spacial score (nSPS) is 12.4. The first-order valence-electron chi connectivity index (χ1n) is 6.35. The number of hydrogen-bond donors (Lipinski definition) is 2. The lowest BCUT2D eigenvalue weighted by Gasteiger charge is -2.17. The highest BCUT2D eigenvalue weighted by Gasteiger charge is 2.09. The third-order valence-corrected chi connectivity index (χ3v) is 3.63. The van der Waals surface area contributed by atoms with E-state index in [1.54, 1.807) is 6.07 Å². The molecule has 0 amide bonds. The number of benzene rings is 2. The number of aryl methyl sites for hydroxylation is 1. The zero-order valence-corrected chi connectivity index (χ0v) is 11.9. The maximum atomic E-state index is 9.86. The Morgan fingerprint density at radius 3 is 2.63 bits per heavy atom. The highest BCUT2D eigenvalue weighted by Crippen LogP contribution is 2.27. The molecule has 0 radical (unpaired) electrons. The monoisotopic (exact) mass is 275 g/mol. The summed E-state index contributed by atoms with van der Waals surface area (Å²) in [5.74, 6) is 0.161. The van der Waals surface area contributed by atoms with Crippen molar-refractivity contribution in [1.29, 1.82) is 0 Å². The molecule has 0 heterocycles. The van der Waals surface area contributed by atoms with Crippen LogP contribution in [0.4, 0.5) is 0 Å². The molecule has 0 bridgehead atoms. The minimum Gasteiger partial charge on any atom is -0.506 e. The van der Waals surface area contributed by atoms with Crippen LogP contribution in [0.3, 0.4) is 0 Å². The maximum absolute atomic E-state index is 9.86. The molecule has 0 spiro atoms. The zero-order chi connectivity index (χ0) is 13.8. The van der Waals surface area contributed by atoms with Gasteiger partial charge < -0.3 is 10.4 Å². The van der Waals surface area contributed by atoms with E-state index in [1.165, 1.54) is 11.1 Å². The minimum absolute atomic E-state index is 0.161. The summed E-state index contributed by atoms with van der Waals surface area (Å²) < 4.78 is 0. The van der Waals surface area contributed by atoms with E-state index in [9.17, 15) is 5.11 Å². The van der Waals surface area contributed by atoms with Gasteiger partial charge in [0.2, 0.25) is 0 Å². The quantitative estimate of drug-likeness (QED) is 0.876. The van der Waals surface area contributed by atoms with E-state index in [0.29, 0.717) is 11.6 Å². The van der Waals surface area contributed by atoms with Crippen LogP contribution in [0.5, 0.6) is 5.75 Å². The number of nitrogens with one attached hydrogen (secondary N) is 1. The summed E-state index contributed by atoms with van der Waals surface area (Å²) in [4.78, 5) is 0. The van der Waals surface area contributed by atoms with Gasteiger partial charge in [-0.05, 0) is 31.0 Å². The van der Waals surface area contributed by atoms with E-state index in [4.69, 9.17) is 11.6 Å². The molecular weight excluding hydrogens is 258 g/mol. The van der Waals surface area contributed by atoms with Crippen molar-refractivity contribution in [2.75, 3.05) is 0 Å². The average Bonchev–Trinajstić information content (AvgIpc) is 2.40. The van der Waals surface area contributed by atoms with Crippen LogP contribution in [-0.2, 0) is 6.54 Å². The van der Waals surface area contributed by atoms with E-state index in [-0.39, 0.29) is 11.8 Å². The maximum Gasteiger partial charge on any atom is 0.138 e. The van der Waals surface area contributed by atoms with Gasteiger partial charge in [-0.1, -0.05) is 48.0 Å². The van der Waals surface area contributed by atoms with Gasteiger partial charge in [0.15, 0.2) is 0 Å². The SMILES string of the molecule is Cc1ccccc1[C@@H](C)NCc1cccc(Cl)c1O. The van der Waals surface area contributed by atoms with Crippen molar-refractivity contribution in [3.8, 4) is 5.75 Å². The van der Waals surface area contributed by atoms with Crippen molar-refractivity contribution in [1.82, 2.24) is 5.32 Å². The number of aromatic hydroxyl groups is 1. The van der Waals surface area contributed by atoms with Crippen LogP contribution in [-0.4, -0.2) is 5.11 Å². The first-order chi connectivity index (χ1) is 9.09. The number of rotatable bonds is 4. The van der Waals surface area contributed by atoms with Gasteiger partial charge in [-0.2, -0.15) is 0 Å². The number of para-hydroxylation sites is 1. The molecule has 0 aliphatic carbocycles. The second kappa shape index (κ2) is 6.09. The first kappa shape index (κ1) is 13.9. The summed E-state index contributed by atoms with van der Waals surface area (Å²) in [6, 6.07) is 13.9. The van der Waals surface area contributed by atoms with Crippen LogP contribution in [0.1, 0.15) is 29.7 Å². The molecule has 3 heteroatoms. The smallest absolute Gasteiger partial charge is 0.138 e. The number of hydrogen-bond acceptors (Lipinski definition) is 2. The molecule has 0 fully saturated rings. The second-order valence-corrected chi connectivity index (χ2v) is 5.11. The van der Waals surface area contributed by atoms with Crippen LogP contribution >= 0.6 is 11.6 Å². The van der Waals surface area contributed by atoms with Gasteiger partial charge in [-0.3, -0.25) is 0 Å². The highest BCUT2D eigenvalue weighted by atomic mass is 35.5. The number of phenolic OH excluding ortho intramolecular Hbond substituents is 1. The number of phenols is 1. The lowest BCUT2D eigenvalue weighted by atomic mass is 10.0. The topological polar surface area (TPSA) is 32.3 Å². The predicted molar refractivity (Wildman–Crippen MR) is 79.6 cm³/mol. The number of halogens is 1. The van der Waals surface area contributed by atoms with Crippen molar-refractivity contribution < 1.29 is 5.11 Å². The summed E-state index contributed by atoms with van der Waals surface area (Å²) in [5.41, 5.74) is 3.34. The van der Waals surface area contributed by atoms with Crippen molar-refractivity contribution in [2.45, 2.75) is 26.4 Å². The Morgan fingerprint density at radius 2 is 1.89 bits per heavy atom. The molecule has 2 nitrogen and oxygen atoms in total. The molecule has 2 N–H and O–H groups in total. The fourth-order valence-electron chi connectivity index (χ4n) is 2.15. The molecule has 2 aromatic rings. The first-order valence-corrected chi connectivity index (χ1v) is 6.72. The van der Waals surface area contributed by atoms with Crippen LogP contribution in [0.25, 0.3) is 0 Å². The Kier molecular flexibility index (Phi) is 4.46. The van der Waals surface area contributed by atoms with Crippen LogP contribution < -0.4 is 5.32 Å². The summed E-state index contributed by atoms with van der Waals surface area (Å²) in [6.07, 6.45) is 0. The Bertz CT molecular complexity index is 568. The van der Waals surface area contributed by atoms with E-state index in [0.717, 1.165) is 5.56 Å². The van der Waals surface area contributed by atoms with Crippen LogP contribution in [0, 0.1) is 6.92 Å². The Labute approximate surface area is 119 Å². The Balaban J connectivity index is 2.07. The second-order valence-electron chi connectivity index (χ2n) is 4.71. The molecular formula is C16H18ClNO. The van der Waals surface area contributed by atoms with Crippen molar-refractivity contribution >= 4 is 11.6 Å². The molecule has 0 aliphatic rings. The summed E-state index contributed by atoms with van der Waals surface area (Å²) in [7, 11) is 0. The van der Waals surface area contributed by atoms with E-state index < -0.39 is 0 Å². The molecule has 100 valence electrons. The fourth-order valence-corrected chi connectivity index (χ4v) is 2.34. The van der Waals surface area contributed by atoms with Crippen LogP contribution in [0.2, 0.25) is 5.02 Å². The van der Waals surface area contributed by atoms with Crippen molar-refractivity contribution in [2.24, 2.45) is 0 Å². The zero-order valence-electron chi connectivity index (χ0n) is 11.2. The summed E-state index contributed by atoms with van der Waals surface area (Å²) in [6.45, 7) is 4.80. The molecule has 0 saturated carbocycles. The van der Waals surface area contributed by atoms with Gasteiger partial charge in [0.05, 0.1) is 5.02 Å². The lowest BCUT2D eigenvalue weighted by Crippen LogP contribution is -2.18. The Hall–Kier alpha value is -1.51. The van der Waals surface area contributed by atoms with E-state index in [2.05, 4.69) is 31.3 Å². The molecule has 0 aliphatic heterocycles. The molecule has 19 heavy (non-hydrogen) atoms. The largest absolute Gasteiger partial charge is 0.506 e. The van der Waals surface area contributed by atoms with Crippen molar-refractivity contribution in [3.63, 3.8) is 0 Å². The minimum atomic E-state index is 0.161. The van der Waals surface area contributed by atoms with Gasteiger partial charge in [0.1, 0.15) is 5.75 Å². The molecule has 1 atom stereocenters. The highest BCUT2D eigenvalue weighted by molar-refractivity contribution is 6.32. The summed E-state index contributed by atoms with van der Waals surface area (Å²) in [5, 5.41) is 13.7. The third-order valence-electron chi connectivity index (χ3n) is 3.32. The molecule has 0 saturated heterocycles. The fraction of sp³-hybridized carbons (Fsp3) is 0.250. The molecule has 0 unspecified atom stereocenters. The third kappa shape index (κ3) is 3.28. The van der Waals surface area contributed by atoms with E-state index in [1.807, 2.05) is 24.3 Å². The Morgan fingerprint density at radius 1 is 1.16 bits per heavy atom. The van der Waals surface area contributed by atoms with Gasteiger partial charge in [0.25, 0.3) is 0 Å². The van der Waals surface area contributed by atoms with Crippen LogP contribution in [0.15, 0.2) is 42.5 Å². The molecule has 2 aromatic carbocycles. The van der Waals surface area contributed by atoms with E-state index >= 15 is 0 Å². The van der Waals surface area contributed by atoms with Gasteiger partial charge in [-0.15, -0.1) is 0 Å². The van der Waals surface area contributed by atoms with Gasteiger partial charge in [-0.25, -0.2) is 0 Å². The molecule has 0 aromatic heterocycles. The van der Waals surface area contributed by atoms with Crippen molar-refractivity contribution in [3.05, 3.63) is 64.2 Å². The van der Waals surface area contributed by atoms with Gasteiger partial charge >= 0.3 is 0 Å².